The molecule has 32 heavy (non-hydrogen) atoms. The molecule has 0 aromatic rings. The summed E-state index contributed by atoms with van der Waals surface area (Å²) in [7, 11) is 0. The van der Waals surface area contributed by atoms with Crippen molar-refractivity contribution in [2.24, 2.45) is 23.1 Å². The molecule has 0 saturated heterocycles. The van der Waals surface area contributed by atoms with Crippen molar-refractivity contribution < 1.29 is 33.9 Å². The summed E-state index contributed by atoms with van der Waals surface area (Å²) >= 11 is 1.51. The zero-order chi connectivity index (χ0) is 25.0. The molecular weight excluding hydrogens is 444 g/mol. The standard InChI is InChI=1S/C18H32N6O7S/c1-8(2)14(24-15(27)9(19)4-5-32-3)17(29)22-10(6-12(20)25)16(28)23-11(18(30)31)7-13(21)26/h8-11,14H,4-7,19H2,1-3H3,(H2,20,25)(H2,21,26)(H,22,29)(H,23,28)(H,24,27)(H,30,31). The largest absolute Gasteiger partial charge is 0.480 e. The van der Waals surface area contributed by atoms with E-state index in [0.717, 1.165) is 0 Å². The maximum atomic E-state index is 12.8. The topological polar surface area (TPSA) is 237 Å². The van der Waals surface area contributed by atoms with E-state index in [1.807, 2.05) is 11.6 Å². The molecule has 0 aromatic heterocycles. The molecular formula is C18H32N6O7S. The first-order valence-corrected chi connectivity index (χ1v) is 11.1. The number of carbonyl (C=O) groups is 6. The normalized spacial score (nSPS) is 14.5. The maximum absolute atomic E-state index is 12.8. The average Bonchev–Trinajstić information content (AvgIpc) is 2.67. The number of carbonyl (C=O) groups excluding carboxylic acids is 5. The van der Waals surface area contributed by atoms with E-state index in [9.17, 15) is 28.8 Å². The highest BCUT2D eigenvalue weighted by atomic mass is 32.2. The lowest BCUT2D eigenvalue weighted by Crippen LogP contribution is -2.59. The number of hydrogen-bond acceptors (Lipinski definition) is 8. The van der Waals surface area contributed by atoms with Gasteiger partial charge < -0.3 is 38.3 Å². The number of carboxylic acids is 1. The minimum absolute atomic E-state index is 0.391. The highest BCUT2D eigenvalue weighted by molar-refractivity contribution is 7.98. The summed E-state index contributed by atoms with van der Waals surface area (Å²) in [6.45, 7) is 3.29. The first-order valence-electron chi connectivity index (χ1n) is 9.75. The van der Waals surface area contributed by atoms with Crippen LogP contribution in [0.15, 0.2) is 0 Å². The van der Waals surface area contributed by atoms with Crippen molar-refractivity contribution in [2.45, 2.75) is 57.3 Å². The third-order valence-electron chi connectivity index (χ3n) is 4.27. The second-order valence-electron chi connectivity index (χ2n) is 7.42. The van der Waals surface area contributed by atoms with Crippen LogP contribution >= 0.6 is 11.8 Å². The number of rotatable bonds is 15. The molecule has 0 aliphatic rings. The molecule has 0 aromatic carbocycles. The van der Waals surface area contributed by atoms with Gasteiger partial charge >= 0.3 is 5.97 Å². The van der Waals surface area contributed by atoms with Gasteiger partial charge in [-0.3, -0.25) is 24.0 Å². The molecule has 4 atom stereocenters. The van der Waals surface area contributed by atoms with Crippen LogP contribution in [-0.4, -0.2) is 76.8 Å². The van der Waals surface area contributed by atoms with E-state index in [-0.39, 0.29) is 0 Å². The molecule has 0 aliphatic heterocycles. The molecule has 0 fully saturated rings. The molecule has 0 saturated carbocycles. The second-order valence-corrected chi connectivity index (χ2v) is 8.41. The van der Waals surface area contributed by atoms with E-state index in [1.165, 1.54) is 11.8 Å². The molecule has 0 heterocycles. The molecule has 182 valence electrons. The van der Waals surface area contributed by atoms with Crippen LogP contribution in [0.3, 0.4) is 0 Å². The number of nitrogens with two attached hydrogens (primary N) is 3. The van der Waals surface area contributed by atoms with Gasteiger partial charge in [-0.05, 0) is 24.3 Å². The van der Waals surface area contributed by atoms with Crippen molar-refractivity contribution in [3.05, 3.63) is 0 Å². The molecule has 10 N–H and O–H groups in total. The van der Waals surface area contributed by atoms with Gasteiger partial charge in [0.15, 0.2) is 0 Å². The Balaban J connectivity index is 5.42. The van der Waals surface area contributed by atoms with Crippen molar-refractivity contribution in [3.8, 4) is 0 Å². The summed E-state index contributed by atoms with van der Waals surface area (Å²) in [5.41, 5.74) is 15.9. The Kier molecular flexibility index (Phi) is 13.0. The van der Waals surface area contributed by atoms with Crippen molar-refractivity contribution in [1.82, 2.24) is 16.0 Å². The van der Waals surface area contributed by atoms with Crippen LogP contribution in [-0.2, 0) is 28.8 Å². The molecule has 13 nitrogen and oxygen atoms in total. The van der Waals surface area contributed by atoms with Crippen LogP contribution in [0.4, 0.5) is 0 Å². The SMILES string of the molecule is CSCCC(N)C(=O)NC(C(=O)NC(CC(N)=O)C(=O)NC(CC(N)=O)C(=O)O)C(C)C. The smallest absolute Gasteiger partial charge is 0.326 e. The number of carboxylic acid groups (broad SMARTS) is 1. The Labute approximate surface area is 189 Å². The monoisotopic (exact) mass is 476 g/mol. The highest BCUT2D eigenvalue weighted by Crippen LogP contribution is 2.06. The Hall–Kier alpha value is -2.87. The molecule has 0 rings (SSSR count). The van der Waals surface area contributed by atoms with Gasteiger partial charge in [-0.2, -0.15) is 11.8 Å². The summed E-state index contributed by atoms with van der Waals surface area (Å²) in [6, 6.07) is -5.14. The summed E-state index contributed by atoms with van der Waals surface area (Å²) in [5, 5.41) is 16.0. The molecule has 0 radical (unpaired) electrons. The van der Waals surface area contributed by atoms with Gasteiger partial charge in [-0.1, -0.05) is 13.8 Å². The zero-order valence-electron chi connectivity index (χ0n) is 18.3. The van der Waals surface area contributed by atoms with Crippen LogP contribution < -0.4 is 33.2 Å². The zero-order valence-corrected chi connectivity index (χ0v) is 19.1. The van der Waals surface area contributed by atoms with Gasteiger partial charge in [0.25, 0.3) is 0 Å². The van der Waals surface area contributed by atoms with E-state index < -0.39 is 78.4 Å². The van der Waals surface area contributed by atoms with Gasteiger partial charge in [0.05, 0.1) is 18.9 Å². The third kappa shape index (κ3) is 10.9. The number of primary amides is 2. The summed E-state index contributed by atoms with van der Waals surface area (Å²) < 4.78 is 0. The van der Waals surface area contributed by atoms with Gasteiger partial charge in [0, 0.05) is 0 Å². The van der Waals surface area contributed by atoms with Crippen molar-refractivity contribution in [2.75, 3.05) is 12.0 Å². The second kappa shape index (κ2) is 14.2. The molecule has 14 heteroatoms. The number of nitrogens with one attached hydrogen (secondary N) is 3. The van der Waals surface area contributed by atoms with E-state index in [1.54, 1.807) is 13.8 Å². The van der Waals surface area contributed by atoms with Gasteiger partial charge in [-0.25, -0.2) is 4.79 Å². The summed E-state index contributed by atoms with van der Waals surface area (Å²) in [4.78, 5) is 71.2. The van der Waals surface area contributed by atoms with Crippen molar-refractivity contribution in [1.29, 1.82) is 0 Å². The van der Waals surface area contributed by atoms with Crippen molar-refractivity contribution in [3.63, 3.8) is 0 Å². The fourth-order valence-electron chi connectivity index (χ4n) is 2.52. The van der Waals surface area contributed by atoms with Crippen LogP contribution in [0.1, 0.15) is 33.1 Å². The number of thioether (sulfide) groups is 1. The molecule has 5 amide bonds. The van der Waals surface area contributed by atoms with Gasteiger partial charge in [0.2, 0.25) is 29.5 Å². The Bertz CT molecular complexity index is 718. The van der Waals surface area contributed by atoms with Gasteiger partial charge in [-0.15, -0.1) is 0 Å². The molecule has 0 spiro atoms. The maximum Gasteiger partial charge on any atom is 0.326 e. The molecule has 4 unspecified atom stereocenters. The molecule has 0 bridgehead atoms. The Morgan fingerprint density at radius 1 is 0.844 bits per heavy atom. The fraction of sp³-hybridized carbons (Fsp3) is 0.667. The van der Waals surface area contributed by atoms with E-state index in [0.29, 0.717) is 12.2 Å². The lowest BCUT2D eigenvalue weighted by atomic mass is 10.0. The average molecular weight is 477 g/mol. The number of aliphatic carboxylic acids is 1. The predicted octanol–water partition coefficient (Wildman–Crippen LogP) is -2.99. The predicted molar refractivity (Wildman–Crippen MR) is 117 cm³/mol. The molecule has 0 aliphatic carbocycles. The minimum Gasteiger partial charge on any atom is -0.480 e. The number of hydrogen-bond donors (Lipinski definition) is 7. The lowest BCUT2D eigenvalue weighted by molar-refractivity contribution is -0.144. The van der Waals surface area contributed by atoms with Crippen LogP contribution in [0.25, 0.3) is 0 Å². The fourth-order valence-corrected chi connectivity index (χ4v) is 3.01. The summed E-state index contributed by atoms with van der Waals surface area (Å²) in [5.74, 6) is -5.64. The van der Waals surface area contributed by atoms with Crippen LogP contribution in [0.5, 0.6) is 0 Å². The summed E-state index contributed by atoms with van der Waals surface area (Å²) in [6.07, 6.45) is 0.906. The first kappa shape index (κ1) is 29.1. The quantitative estimate of drug-likeness (QED) is 0.127. The first-order chi connectivity index (χ1) is 14.8. The Morgan fingerprint density at radius 2 is 1.34 bits per heavy atom. The Morgan fingerprint density at radius 3 is 1.78 bits per heavy atom. The number of amides is 5. The van der Waals surface area contributed by atoms with E-state index in [2.05, 4.69) is 10.6 Å². The van der Waals surface area contributed by atoms with Crippen molar-refractivity contribution >= 4 is 47.3 Å². The highest BCUT2D eigenvalue weighted by Gasteiger charge is 2.32. The third-order valence-corrected chi connectivity index (χ3v) is 4.92. The van der Waals surface area contributed by atoms with E-state index in [4.69, 9.17) is 22.3 Å². The van der Waals surface area contributed by atoms with Gasteiger partial charge in [0.1, 0.15) is 18.1 Å². The minimum atomic E-state index is -1.66. The lowest BCUT2D eigenvalue weighted by Gasteiger charge is -2.26. The van der Waals surface area contributed by atoms with Crippen LogP contribution in [0, 0.1) is 5.92 Å². The van der Waals surface area contributed by atoms with Crippen LogP contribution in [0.2, 0.25) is 0 Å². The van der Waals surface area contributed by atoms with E-state index >= 15 is 0 Å².